The van der Waals surface area contributed by atoms with Gasteiger partial charge in [-0.3, -0.25) is 9.59 Å². The molecule has 2 aromatic rings. The van der Waals surface area contributed by atoms with E-state index in [1.807, 2.05) is 31.2 Å². The van der Waals surface area contributed by atoms with Crippen molar-refractivity contribution >= 4 is 18.0 Å². The SMILES string of the molecule is CC(NC(=O)OCC1c2ccccc2-c2ccccc21)C(C)C(=O)N1C[C@H](C)[C@@](C)(C(=O)O)C1. The van der Waals surface area contributed by atoms with Gasteiger partial charge in [-0.15, -0.1) is 0 Å². The Morgan fingerprint density at radius 2 is 1.65 bits per heavy atom. The Bertz CT molecular complexity index is 1070. The van der Waals surface area contributed by atoms with Crippen LogP contribution in [0, 0.1) is 17.3 Å². The lowest BCUT2D eigenvalue weighted by Gasteiger charge is -2.27. The number of rotatable bonds is 6. The summed E-state index contributed by atoms with van der Waals surface area (Å²) in [4.78, 5) is 38.9. The fraction of sp³-hybridized carbons (Fsp3) is 0.444. The molecule has 180 valence electrons. The molecule has 2 unspecified atom stereocenters. The third kappa shape index (κ3) is 4.15. The van der Waals surface area contributed by atoms with E-state index in [4.69, 9.17) is 4.74 Å². The minimum absolute atomic E-state index is 0.0349. The number of amides is 2. The topological polar surface area (TPSA) is 95.9 Å². The van der Waals surface area contributed by atoms with E-state index in [-0.39, 0.29) is 30.9 Å². The lowest BCUT2D eigenvalue weighted by molar-refractivity contribution is -0.149. The first-order chi connectivity index (χ1) is 16.1. The van der Waals surface area contributed by atoms with Crippen LogP contribution in [0.3, 0.4) is 0 Å². The minimum atomic E-state index is -0.959. The number of alkyl carbamates (subject to hydrolysis) is 1. The number of carbonyl (C=O) groups is 3. The summed E-state index contributed by atoms with van der Waals surface area (Å²) in [6, 6.07) is 15.8. The maximum atomic E-state index is 13.0. The number of benzene rings is 2. The Morgan fingerprint density at radius 1 is 1.09 bits per heavy atom. The van der Waals surface area contributed by atoms with Crippen molar-refractivity contribution in [3.63, 3.8) is 0 Å². The van der Waals surface area contributed by atoms with Crippen LogP contribution >= 0.6 is 0 Å². The minimum Gasteiger partial charge on any atom is -0.481 e. The second-order valence-electron chi connectivity index (χ2n) is 9.89. The number of likely N-dealkylation sites (tertiary alicyclic amines) is 1. The van der Waals surface area contributed by atoms with Crippen LogP contribution in [0.2, 0.25) is 0 Å². The quantitative estimate of drug-likeness (QED) is 0.671. The molecule has 0 aromatic heterocycles. The van der Waals surface area contributed by atoms with Crippen molar-refractivity contribution in [1.29, 1.82) is 0 Å². The summed E-state index contributed by atoms with van der Waals surface area (Å²) >= 11 is 0. The van der Waals surface area contributed by atoms with Crippen molar-refractivity contribution in [3.05, 3.63) is 59.7 Å². The summed E-state index contributed by atoms with van der Waals surface area (Å²) in [5, 5.41) is 12.4. The third-order valence-electron chi connectivity index (χ3n) is 7.73. The van der Waals surface area contributed by atoms with Gasteiger partial charge in [0.15, 0.2) is 0 Å². The van der Waals surface area contributed by atoms with Gasteiger partial charge in [0.2, 0.25) is 5.91 Å². The first-order valence-corrected chi connectivity index (χ1v) is 11.8. The fourth-order valence-corrected chi connectivity index (χ4v) is 5.05. The number of nitrogens with zero attached hydrogens (tertiary/aromatic N) is 1. The molecule has 2 aromatic carbocycles. The number of carboxylic acids is 1. The molecule has 1 fully saturated rings. The van der Waals surface area contributed by atoms with Gasteiger partial charge in [0.25, 0.3) is 0 Å². The Kier molecular flexibility index (Phi) is 6.39. The molecule has 4 rings (SSSR count). The van der Waals surface area contributed by atoms with E-state index in [1.165, 1.54) is 0 Å². The van der Waals surface area contributed by atoms with Crippen LogP contribution in [-0.2, 0) is 14.3 Å². The number of hydrogen-bond donors (Lipinski definition) is 2. The maximum Gasteiger partial charge on any atom is 0.407 e. The molecule has 0 saturated carbocycles. The highest BCUT2D eigenvalue weighted by atomic mass is 16.5. The van der Waals surface area contributed by atoms with Gasteiger partial charge in [0.05, 0.1) is 11.3 Å². The van der Waals surface area contributed by atoms with E-state index in [0.29, 0.717) is 6.54 Å². The van der Waals surface area contributed by atoms with E-state index in [0.717, 1.165) is 22.3 Å². The summed E-state index contributed by atoms with van der Waals surface area (Å²) in [6.07, 6.45) is -0.570. The van der Waals surface area contributed by atoms with Gasteiger partial charge < -0.3 is 20.1 Å². The maximum absolute atomic E-state index is 13.0. The lowest BCUT2D eigenvalue weighted by Crippen LogP contribution is -2.46. The number of hydrogen-bond acceptors (Lipinski definition) is 4. The molecule has 1 saturated heterocycles. The standard InChI is InChI=1S/C27H32N2O5/c1-16-13-29(15-27(16,4)25(31)32)24(30)17(2)18(3)28-26(33)34-14-23-21-11-7-5-9-19(21)20-10-6-8-12-22(20)23/h5-12,16-18,23H,13-15H2,1-4H3,(H,28,33)(H,31,32)/t16-,17?,18?,27-/m0/s1. The Hall–Kier alpha value is -3.35. The molecule has 2 amide bonds. The number of nitrogens with one attached hydrogen (secondary N) is 1. The second-order valence-corrected chi connectivity index (χ2v) is 9.89. The number of aliphatic carboxylic acids is 1. The van der Waals surface area contributed by atoms with E-state index in [1.54, 1.807) is 25.7 Å². The number of ether oxygens (including phenoxy) is 1. The molecule has 0 spiro atoms. The molecule has 2 aliphatic rings. The first-order valence-electron chi connectivity index (χ1n) is 11.8. The molecule has 1 aliphatic carbocycles. The average Bonchev–Trinajstić information content (AvgIpc) is 3.31. The summed E-state index contributed by atoms with van der Waals surface area (Å²) in [5.74, 6) is -1.75. The highest BCUT2D eigenvalue weighted by Gasteiger charge is 2.48. The van der Waals surface area contributed by atoms with E-state index in [2.05, 4.69) is 29.6 Å². The van der Waals surface area contributed by atoms with Crippen molar-refractivity contribution in [2.75, 3.05) is 19.7 Å². The van der Waals surface area contributed by atoms with Crippen molar-refractivity contribution in [1.82, 2.24) is 10.2 Å². The summed E-state index contributed by atoms with van der Waals surface area (Å²) in [6.45, 7) is 7.81. The molecular weight excluding hydrogens is 432 g/mol. The third-order valence-corrected chi connectivity index (χ3v) is 7.73. The van der Waals surface area contributed by atoms with Gasteiger partial charge in [0.1, 0.15) is 6.61 Å². The number of fused-ring (bicyclic) bond motifs is 3. The van der Waals surface area contributed by atoms with Gasteiger partial charge in [0, 0.05) is 25.0 Å². The molecule has 4 atom stereocenters. The Morgan fingerprint density at radius 3 is 2.18 bits per heavy atom. The van der Waals surface area contributed by atoms with Gasteiger partial charge >= 0.3 is 12.1 Å². The normalized spacial score (nSPS) is 23.1. The van der Waals surface area contributed by atoms with Crippen molar-refractivity contribution in [2.45, 2.75) is 39.7 Å². The van der Waals surface area contributed by atoms with Crippen LogP contribution in [0.5, 0.6) is 0 Å². The van der Waals surface area contributed by atoms with Gasteiger partial charge in [-0.05, 0) is 42.0 Å². The fourth-order valence-electron chi connectivity index (χ4n) is 5.05. The van der Waals surface area contributed by atoms with E-state index < -0.39 is 29.4 Å². The highest BCUT2D eigenvalue weighted by molar-refractivity contribution is 5.83. The predicted molar refractivity (Wildman–Crippen MR) is 128 cm³/mol. The van der Waals surface area contributed by atoms with Crippen LogP contribution in [0.4, 0.5) is 4.79 Å². The van der Waals surface area contributed by atoms with Crippen LogP contribution in [0.25, 0.3) is 11.1 Å². The Balaban J connectivity index is 1.35. The molecule has 1 aliphatic heterocycles. The lowest BCUT2D eigenvalue weighted by atomic mass is 9.81. The Labute approximate surface area is 200 Å². The monoisotopic (exact) mass is 464 g/mol. The zero-order chi connectivity index (χ0) is 24.6. The molecule has 0 bridgehead atoms. The second kappa shape index (κ2) is 9.12. The van der Waals surface area contributed by atoms with Gasteiger partial charge in [-0.25, -0.2) is 4.79 Å². The van der Waals surface area contributed by atoms with Gasteiger partial charge in [-0.1, -0.05) is 62.4 Å². The van der Waals surface area contributed by atoms with Crippen molar-refractivity contribution < 1.29 is 24.2 Å². The van der Waals surface area contributed by atoms with Crippen LogP contribution < -0.4 is 5.32 Å². The van der Waals surface area contributed by atoms with Crippen molar-refractivity contribution in [2.24, 2.45) is 17.3 Å². The summed E-state index contributed by atoms with van der Waals surface area (Å²) < 4.78 is 5.59. The van der Waals surface area contributed by atoms with E-state index >= 15 is 0 Å². The predicted octanol–water partition coefficient (Wildman–Crippen LogP) is 4.12. The first kappa shape index (κ1) is 23.8. The molecule has 0 radical (unpaired) electrons. The molecular formula is C27H32N2O5. The zero-order valence-corrected chi connectivity index (χ0v) is 20.1. The molecule has 7 heteroatoms. The van der Waals surface area contributed by atoms with Crippen LogP contribution in [0.15, 0.2) is 48.5 Å². The summed E-state index contributed by atoms with van der Waals surface area (Å²) in [7, 11) is 0. The van der Waals surface area contributed by atoms with Crippen LogP contribution in [-0.4, -0.2) is 53.7 Å². The van der Waals surface area contributed by atoms with Gasteiger partial charge in [-0.2, -0.15) is 0 Å². The molecule has 7 nitrogen and oxygen atoms in total. The highest BCUT2D eigenvalue weighted by Crippen LogP contribution is 2.44. The van der Waals surface area contributed by atoms with Crippen LogP contribution in [0.1, 0.15) is 44.7 Å². The molecule has 34 heavy (non-hydrogen) atoms. The zero-order valence-electron chi connectivity index (χ0n) is 20.1. The molecule has 1 heterocycles. The molecule has 2 N–H and O–H groups in total. The average molecular weight is 465 g/mol. The number of carbonyl (C=O) groups excluding carboxylic acids is 2. The largest absolute Gasteiger partial charge is 0.481 e. The number of carboxylic acid groups (broad SMARTS) is 1. The summed E-state index contributed by atoms with van der Waals surface area (Å²) in [5.41, 5.74) is 3.63. The smallest absolute Gasteiger partial charge is 0.407 e. The van der Waals surface area contributed by atoms with Crippen molar-refractivity contribution in [3.8, 4) is 11.1 Å². The van der Waals surface area contributed by atoms with E-state index in [9.17, 15) is 19.5 Å².